The first-order valence-corrected chi connectivity index (χ1v) is 39.8. The van der Waals surface area contributed by atoms with E-state index in [1.165, 1.54) is 122 Å². The fraction of sp³-hybridized carbons (Fsp3) is 0.113. The Morgan fingerprint density at radius 2 is 0.554 bits per heavy atom. The van der Waals surface area contributed by atoms with E-state index in [2.05, 4.69) is 379 Å². The van der Waals surface area contributed by atoms with Gasteiger partial charge < -0.3 is 14.7 Å². The molecule has 20 rings (SSSR count). The molecule has 0 aliphatic heterocycles. The summed E-state index contributed by atoms with van der Waals surface area (Å²) < 4.78 is 0. The molecule has 0 spiro atoms. The van der Waals surface area contributed by atoms with Gasteiger partial charge in [0.05, 0.1) is 11.4 Å². The number of nitrogens with zero attached hydrogens (tertiary/aromatic N) is 3. The predicted molar refractivity (Wildman–Crippen MR) is 477 cm³/mol. The minimum Gasteiger partial charge on any atom is -0.310 e. The van der Waals surface area contributed by atoms with E-state index in [1.54, 1.807) is 0 Å². The quantitative estimate of drug-likeness (QED) is 0.128. The normalized spacial score (nSPS) is 14.0. The Labute approximate surface area is 673 Å². The van der Waals surface area contributed by atoms with Gasteiger partial charge in [-0.15, -0.1) is 0 Å². The molecular weight excluding hydrogens is 1420 g/mol. The van der Waals surface area contributed by atoms with Crippen LogP contribution < -0.4 is 14.7 Å². The van der Waals surface area contributed by atoms with Crippen molar-refractivity contribution in [2.75, 3.05) is 14.7 Å². The van der Waals surface area contributed by atoms with E-state index in [4.69, 9.17) is 34.8 Å². The molecule has 6 heteroatoms. The van der Waals surface area contributed by atoms with Crippen molar-refractivity contribution in [1.82, 2.24) is 0 Å². The van der Waals surface area contributed by atoms with Crippen LogP contribution in [0.25, 0.3) is 77.5 Å². The second-order valence-electron chi connectivity index (χ2n) is 32.0. The average molecular weight is 1510 g/mol. The first-order valence-electron chi connectivity index (χ1n) is 38.7. The van der Waals surface area contributed by atoms with Crippen molar-refractivity contribution in [2.24, 2.45) is 0 Å². The second-order valence-corrected chi connectivity index (χ2v) is 33.3. The van der Waals surface area contributed by atoms with Gasteiger partial charge in [0, 0.05) is 82.1 Å². The lowest BCUT2D eigenvalue weighted by atomic mass is 9.80. The van der Waals surface area contributed by atoms with Gasteiger partial charge >= 0.3 is 0 Å². The van der Waals surface area contributed by atoms with Gasteiger partial charge in [0.25, 0.3) is 0 Å². The molecule has 3 nitrogen and oxygen atoms in total. The number of para-hydroxylation sites is 2. The van der Waals surface area contributed by atoms with Crippen LogP contribution >= 0.6 is 34.8 Å². The summed E-state index contributed by atoms with van der Waals surface area (Å²) in [6.45, 7) is 18.7. The lowest BCUT2D eigenvalue weighted by Gasteiger charge is -2.33. The Kier molecular flexibility index (Phi) is 18.2. The highest BCUT2D eigenvalue weighted by Gasteiger charge is 2.42. The van der Waals surface area contributed by atoms with Gasteiger partial charge in [-0.1, -0.05) is 339 Å². The van der Waals surface area contributed by atoms with E-state index in [0.717, 1.165) is 61.1 Å². The van der Waals surface area contributed by atoms with Gasteiger partial charge in [-0.2, -0.15) is 0 Å². The summed E-state index contributed by atoms with van der Waals surface area (Å²) in [5.41, 5.74) is 35.8. The van der Waals surface area contributed by atoms with E-state index in [9.17, 15) is 0 Å². The second kappa shape index (κ2) is 28.4. The van der Waals surface area contributed by atoms with Crippen molar-refractivity contribution >= 4 is 96.8 Å². The summed E-state index contributed by atoms with van der Waals surface area (Å²) in [4.78, 5) is 7.02. The Morgan fingerprint density at radius 3 is 1.16 bits per heavy atom. The topological polar surface area (TPSA) is 9.72 Å². The van der Waals surface area contributed by atoms with Crippen molar-refractivity contribution < 1.29 is 0 Å². The summed E-state index contributed by atoms with van der Waals surface area (Å²) in [5.74, 6) is 0. The smallest absolute Gasteiger partial charge is 0.0540 e. The van der Waals surface area contributed by atoms with E-state index in [1.807, 2.05) is 54.6 Å². The first kappa shape index (κ1) is 71.6. The minimum absolute atomic E-state index is 0.0120. The van der Waals surface area contributed by atoms with Crippen LogP contribution in [0, 0.1) is 0 Å². The minimum atomic E-state index is -0.148. The van der Waals surface area contributed by atoms with Gasteiger partial charge in [0.1, 0.15) is 0 Å². The van der Waals surface area contributed by atoms with Crippen LogP contribution in [0.2, 0.25) is 15.1 Å². The fourth-order valence-corrected chi connectivity index (χ4v) is 19.1. The molecule has 4 aliphatic rings. The Hall–Kier alpha value is -12.0. The fourth-order valence-electron chi connectivity index (χ4n) is 18.5. The standard InChI is InChI=1S/C40H32ClN.C39H30ClN.C27H22ClN/c1-39(2)34-17-8-7-15-30(34)32-16-10-18-36(38(32)39)42(27-13-9-12-26(41)23-27)28-20-22-31-33-21-19-25-11-5-6-14-29(25)37(33)40(3,4)35(31)24-28;1-39(2)36-17-8-6-16-34(36)35-24-23-32(26-37(35)39)41(31-14-10-13-30(40)25-31)38-18-9-7-15-33(38)29-21-19-28(20-22-29)27-11-4-3-5-12-27;1-27(2)25-14-7-6-13-23(25)24-18-22(15-16-26(24)27)29(20-10-4-3-5-11-20)21-12-8-9-19(28)17-21/h5-24H,1-4H3;3-26H,1-2H3;3-18H,1-2H3. The lowest BCUT2D eigenvalue weighted by Crippen LogP contribution is -2.21. The SMILES string of the molecule is CC1(C)c2ccccc2-c2cc(N(c3ccccc3)c3cccc(Cl)c3)ccc21.CC1(C)c2ccccc2-c2ccc(N(c3cccc(Cl)c3)c3ccccc3-c3ccc(-c4ccccc4)cc3)cc21.CC1(C)c2ccccc2-c2cccc(N(c3cccc(Cl)c3)c3ccc4c(c3)C(C)(C)c3c-4ccc4ccccc34)c21. The molecule has 0 radical (unpaired) electrons. The molecule has 16 aromatic carbocycles. The van der Waals surface area contributed by atoms with Crippen molar-refractivity contribution in [2.45, 2.75) is 77.0 Å². The summed E-state index contributed by atoms with van der Waals surface area (Å²) >= 11 is 19.5. The average Bonchev–Trinajstić information content (AvgIpc) is 1.58. The number of hydrogen-bond acceptors (Lipinski definition) is 3. The van der Waals surface area contributed by atoms with Crippen LogP contribution in [-0.4, -0.2) is 0 Å². The monoisotopic (exact) mass is 1500 g/mol. The Balaban J connectivity index is 0.000000119. The lowest BCUT2D eigenvalue weighted by molar-refractivity contribution is 0.660. The van der Waals surface area contributed by atoms with E-state index >= 15 is 0 Å². The predicted octanol–water partition coefficient (Wildman–Crippen LogP) is 31.1. The molecule has 544 valence electrons. The Bertz CT molecular complexity index is 6330. The highest BCUT2D eigenvalue weighted by Crippen LogP contribution is 2.59. The molecule has 4 aliphatic carbocycles. The maximum absolute atomic E-state index is 6.64. The highest BCUT2D eigenvalue weighted by atomic mass is 35.5. The van der Waals surface area contributed by atoms with Gasteiger partial charge in [-0.25, -0.2) is 0 Å². The molecule has 0 unspecified atom stereocenters. The van der Waals surface area contributed by atoms with E-state index in [0.29, 0.717) is 5.02 Å². The summed E-state index contributed by atoms with van der Waals surface area (Å²) in [6.07, 6.45) is 0. The van der Waals surface area contributed by atoms with Crippen LogP contribution in [0.3, 0.4) is 0 Å². The molecule has 0 amide bonds. The zero-order valence-corrected chi connectivity index (χ0v) is 66.4. The maximum atomic E-state index is 6.64. The van der Waals surface area contributed by atoms with Gasteiger partial charge in [0.2, 0.25) is 0 Å². The van der Waals surface area contributed by atoms with E-state index in [-0.39, 0.29) is 21.7 Å². The number of fused-ring (bicyclic) bond motifs is 14. The largest absolute Gasteiger partial charge is 0.310 e. The third-order valence-corrected chi connectivity index (χ3v) is 24.6. The number of hydrogen-bond donors (Lipinski definition) is 0. The van der Waals surface area contributed by atoms with Crippen LogP contribution in [-0.2, 0) is 21.7 Å². The summed E-state index contributed by atoms with van der Waals surface area (Å²) in [6, 6.07) is 130. The molecule has 0 saturated carbocycles. The summed E-state index contributed by atoms with van der Waals surface area (Å²) in [5, 5.41) is 4.81. The van der Waals surface area contributed by atoms with Crippen LogP contribution in [0.1, 0.15) is 99.9 Å². The van der Waals surface area contributed by atoms with Gasteiger partial charge in [0.15, 0.2) is 0 Å². The van der Waals surface area contributed by atoms with Crippen molar-refractivity contribution in [3.63, 3.8) is 0 Å². The van der Waals surface area contributed by atoms with Gasteiger partial charge in [-0.05, 0) is 232 Å². The van der Waals surface area contributed by atoms with Crippen molar-refractivity contribution in [3.8, 4) is 66.8 Å². The molecule has 0 bridgehead atoms. The zero-order chi connectivity index (χ0) is 76.8. The van der Waals surface area contributed by atoms with Crippen molar-refractivity contribution in [3.05, 3.63) is 424 Å². The summed E-state index contributed by atoms with van der Waals surface area (Å²) in [7, 11) is 0. The molecule has 0 fully saturated rings. The van der Waals surface area contributed by atoms with Crippen molar-refractivity contribution in [1.29, 1.82) is 0 Å². The first-order chi connectivity index (χ1) is 54.3. The molecule has 0 N–H and O–H groups in total. The third-order valence-electron chi connectivity index (χ3n) is 23.9. The van der Waals surface area contributed by atoms with Crippen LogP contribution in [0.4, 0.5) is 51.2 Å². The third kappa shape index (κ3) is 12.4. The molecular formula is C106H84Cl3N3. The van der Waals surface area contributed by atoms with Gasteiger partial charge in [-0.3, -0.25) is 0 Å². The highest BCUT2D eigenvalue weighted by molar-refractivity contribution is 6.31. The van der Waals surface area contributed by atoms with Crippen LogP contribution in [0.15, 0.2) is 364 Å². The molecule has 112 heavy (non-hydrogen) atoms. The number of benzene rings is 16. The number of halogens is 3. The molecule has 16 aromatic rings. The molecule has 0 saturated heterocycles. The number of anilines is 9. The Morgan fingerprint density at radius 1 is 0.196 bits per heavy atom. The molecule has 0 heterocycles. The number of rotatable bonds is 11. The van der Waals surface area contributed by atoms with E-state index < -0.39 is 0 Å². The maximum Gasteiger partial charge on any atom is 0.0540 e. The molecule has 0 aromatic heterocycles. The van der Waals surface area contributed by atoms with Crippen LogP contribution in [0.5, 0.6) is 0 Å². The molecule has 0 atom stereocenters. The zero-order valence-electron chi connectivity index (χ0n) is 64.1.